The number of esters is 3. The molecule has 0 spiro atoms. The number of ether oxygens (including phenoxy) is 5. The van der Waals surface area contributed by atoms with Crippen LogP contribution in [0.5, 0.6) is 0 Å². The second-order valence-corrected chi connectivity index (χ2v) is 21.7. The summed E-state index contributed by atoms with van der Waals surface area (Å²) in [5.74, 6) is -3.15. The molecule has 0 bridgehead atoms. The van der Waals surface area contributed by atoms with Crippen LogP contribution in [0.2, 0.25) is 0 Å². The van der Waals surface area contributed by atoms with Gasteiger partial charge in [-0.2, -0.15) is 0 Å². The Morgan fingerprint density at radius 2 is 0.797 bits per heavy atom. The van der Waals surface area contributed by atoms with Crippen molar-refractivity contribution >= 4 is 23.9 Å². The van der Waals surface area contributed by atoms with E-state index >= 15 is 0 Å². The van der Waals surface area contributed by atoms with Crippen molar-refractivity contribution in [2.24, 2.45) is 0 Å². The number of aliphatic carboxylic acids is 1. The number of hydrogen-bond acceptors (Lipinski definition) is 11. The van der Waals surface area contributed by atoms with Crippen LogP contribution >= 0.6 is 0 Å². The van der Waals surface area contributed by atoms with Crippen molar-refractivity contribution in [1.29, 1.82) is 0 Å². The first-order valence-electron chi connectivity index (χ1n) is 31.9. The zero-order valence-corrected chi connectivity index (χ0v) is 50.1. The molecule has 6 atom stereocenters. The van der Waals surface area contributed by atoms with Crippen molar-refractivity contribution in [3.63, 3.8) is 0 Å². The molecule has 6 unspecified atom stereocenters. The molecule has 0 aromatic heterocycles. The van der Waals surface area contributed by atoms with Crippen LogP contribution in [0.4, 0.5) is 0 Å². The number of carbonyl (C=O) groups excluding carboxylic acids is 3. The lowest BCUT2D eigenvalue weighted by molar-refractivity contribution is -0.301. The highest BCUT2D eigenvalue weighted by Crippen LogP contribution is 2.27. The van der Waals surface area contributed by atoms with Gasteiger partial charge in [0.1, 0.15) is 18.8 Å². The molecule has 1 aliphatic heterocycles. The normalized spacial score (nSPS) is 18.3. The first kappa shape index (κ1) is 73.2. The molecule has 1 rings (SSSR count). The summed E-state index contributed by atoms with van der Waals surface area (Å²) >= 11 is 0. The Kier molecular flexibility index (Phi) is 50.7. The molecule has 12 nitrogen and oxygen atoms in total. The molecule has 1 fully saturated rings. The standard InChI is InChI=1S/C67H114O12/c1-4-7-10-13-16-19-22-25-28-29-30-31-34-37-40-43-46-49-52-55-61(70)78-65-63(72)62(71)64(66(73)74)79-67(65)76-57-58(77-60(69)54-51-48-45-42-39-36-33-27-24-21-18-15-12-9-6-3)56-75-59(68)53-50-47-44-41-38-35-32-26-23-20-17-14-11-8-5-2/h8,11,16-17,19-20,25-28,32-33,58,62-65,67,71-72H,4-7,9-10,12-15,18,21-24,29-31,34-57H2,1-3H3,(H,73,74)/b11-8-,19-16-,20-17-,28-25-,32-26-,33-27-. The Bertz CT molecular complexity index is 1650. The van der Waals surface area contributed by atoms with Gasteiger partial charge < -0.3 is 39.0 Å². The molecule has 0 aromatic rings. The van der Waals surface area contributed by atoms with Gasteiger partial charge in [0.25, 0.3) is 0 Å². The van der Waals surface area contributed by atoms with E-state index in [-0.39, 0.29) is 25.9 Å². The van der Waals surface area contributed by atoms with Crippen LogP contribution in [0.25, 0.3) is 0 Å². The largest absolute Gasteiger partial charge is 0.479 e. The summed E-state index contributed by atoms with van der Waals surface area (Å²) in [5.41, 5.74) is 0. The minimum Gasteiger partial charge on any atom is -0.479 e. The molecule has 3 N–H and O–H groups in total. The van der Waals surface area contributed by atoms with Crippen molar-refractivity contribution in [3.05, 3.63) is 72.9 Å². The van der Waals surface area contributed by atoms with E-state index in [1.54, 1.807) is 0 Å². The summed E-state index contributed by atoms with van der Waals surface area (Å²) < 4.78 is 28.5. The van der Waals surface area contributed by atoms with Crippen LogP contribution in [-0.2, 0) is 42.9 Å². The smallest absolute Gasteiger partial charge is 0.335 e. The van der Waals surface area contributed by atoms with Crippen molar-refractivity contribution in [1.82, 2.24) is 0 Å². The maximum absolute atomic E-state index is 13.2. The fourth-order valence-electron chi connectivity index (χ4n) is 9.35. The van der Waals surface area contributed by atoms with E-state index in [9.17, 15) is 34.5 Å². The van der Waals surface area contributed by atoms with Gasteiger partial charge in [-0.25, -0.2) is 4.79 Å². The molecule has 1 aliphatic rings. The van der Waals surface area contributed by atoms with Gasteiger partial charge in [-0.1, -0.05) is 222 Å². The monoisotopic (exact) mass is 1110 g/mol. The van der Waals surface area contributed by atoms with Crippen molar-refractivity contribution in [2.75, 3.05) is 13.2 Å². The van der Waals surface area contributed by atoms with E-state index < -0.39 is 67.3 Å². The molecule has 0 amide bonds. The fourth-order valence-corrected chi connectivity index (χ4v) is 9.35. The number of aliphatic hydroxyl groups is 2. The number of aliphatic hydroxyl groups excluding tert-OH is 2. The first-order chi connectivity index (χ1) is 38.6. The molecular weight excluding hydrogens is 997 g/mol. The highest BCUT2D eigenvalue weighted by Gasteiger charge is 2.50. The van der Waals surface area contributed by atoms with Crippen LogP contribution in [0, 0.1) is 0 Å². The van der Waals surface area contributed by atoms with Gasteiger partial charge in [-0.05, 0) is 109 Å². The maximum atomic E-state index is 13.2. The van der Waals surface area contributed by atoms with E-state index in [4.69, 9.17) is 23.7 Å². The van der Waals surface area contributed by atoms with Crippen LogP contribution in [0.1, 0.15) is 278 Å². The topological polar surface area (TPSA) is 175 Å². The zero-order chi connectivity index (χ0) is 57.5. The van der Waals surface area contributed by atoms with Gasteiger partial charge >= 0.3 is 23.9 Å². The third kappa shape index (κ3) is 44.5. The minimum absolute atomic E-state index is 0.0518. The Hall–Kier alpha value is -3.84. The van der Waals surface area contributed by atoms with Crippen molar-refractivity contribution in [3.8, 4) is 0 Å². The van der Waals surface area contributed by atoms with Gasteiger partial charge in [0.15, 0.2) is 24.6 Å². The summed E-state index contributed by atoms with van der Waals surface area (Å²) in [5, 5.41) is 31.6. The van der Waals surface area contributed by atoms with Gasteiger partial charge in [-0.15, -0.1) is 0 Å². The second-order valence-electron chi connectivity index (χ2n) is 21.7. The molecule has 79 heavy (non-hydrogen) atoms. The minimum atomic E-state index is -1.91. The molecule has 0 aliphatic carbocycles. The average molecular weight is 1110 g/mol. The molecule has 1 heterocycles. The quantitative estimate of drug-likeness (QED) is 0.0228. The third-order valence-electron chi connectivity index (χ3n) is 14.2. The Balaban J connectivity index is 2.67. The highest BCUT2D eigenvalue weighted by molar-refractivity contribution is 5.74. The summed E-state index contributed by atoms with van der Waals surface area (Å²) in [4.78, 5) is 51.3. The summed E-state index contributed by atoms with van der Waals surface area (Å²) in [6.07, 6.45) is 57.1. The summed E-state index contributed by atoms with van der Waals surface area (Å²) in [6, 6.07) is 0. The predicted molar refractivity (Wildman–Crippen MR) is 322 cm³/mol. The van der Waals surface area contributed by atoms with Crippen LogP contribution in [0.3, 0.4) is 0 Å². The SMILES string of the molecule is CC/C=C\C/C=C\C/C=C\CCCCCCCC(=O)OCC(COC1OC(C(=O)O)C(O)C(O)C1OC(=O)CCCCCCCCCCC/C=C\C/C=C\CCCCC)OC(=O)CCCCCCC/C=C\CCCCCCCC. The Morgan fingerprint density at radius 3 is 1.25 bits per heavy atom. The fraction of sp³-hybridized carbons (Fsp3) is 0.761. The van der Waals surface area contributed by atoms with Gasteiger partial charge in [-0.3, -0.25) is 14.4 Å². The van der Waals surface area contributed by atoms with Gasteiger partial charge in [0, 0.05) is 19.3 Å². The average Bonchev–Trinajstić information content (AvgIpc) is 3.46. The number of carbonyl (C=O) groups is 4. The van der Waals surface area contributed by atoms with Crippen LogP contribution < -0.4 is 0 Å². The maximum Gasteiger partial charge on any atom is 0.335 e. The molecule has 0 radical (unpaired) electrons. The second kappa shape index (κ2) is 54.7. The summed E-state index contributed by atoms with van der Waals surface area (Å²) in [7, 11) is 0. The summed E-state index contributed by atoms with van der Waals surface area (Å²) in [6.45, 7) is 5.85. The number of hydrogen-bond donors (Lipinski definition) is 3. The van der Waals surface area contributed by atoms with Gasteiger partial charge in [0.05, 0.1) is 6.61 Å². The third-order valence-corrected chi connectivity index (χ3v) is 14.2. The number of carboxylic acids is 1. The lowest BCUT2D eigenvalue weighted by Crippen LogP contribution is -2.61. The molecule has 12 heteroatoms. The van der Waals surface area contributed by atoms with E-state index in [0.717, 1.165) is 128 Å². The molecule has 454 valence electrons. The number of rotatable bonds is 54. The molecular formula is C67H114O12. The lowest BCUT2D eigenvalue weighted by atomic mass is 9.98. The van der Waals surface area contributed by atoms with E-state index in [0.29, 0.717) is 19.3 Å². The molecule has 0 saturated carbocycles. The highest BCUT2D eigenvalue weighted by atomic mass is 16.7. The molecule has 0 aromatic carbocycles. The van der Waals surface area contributed by atoms with Crippen LogP contribution in [0.15, 0.2) is 72.9 Å². The van der Waals surface area contributed by atoms with E-state index in [1.165, 1.54) is 89.9 Å². The van der Waals surface area contributed by atoms with Crippen LogP contribution in [-0.4, -0.2) is 89.2 Å². The van der Waals surface area contributed by atoms with E-state index in [2.05, 4.69) is 93.7 Å². The zero-order valence-electron chi connectivity index (χ0n) is 50.1. The van der Waals surface area contributed by atoms with Gasteiger partial charge in [0.2, 0.25) is 0 Å². The van der Waals surface area contributed by atoms with Crippen molar-refractivity contribution < 1.29 is 58.2 Å². The van der Waals surface area contributed by atoms with Crippen molar-refractivity contribution in [2.45, 2.75) is 314 Å². The number of allylic oxidation sites excluding steroid dienone is 12. The van der Waals surface area contributed by atoms with E-state index in [1.807, 2.05) is 0 Å². The molecule has 1 saturated heterocycles. The lowest BCUT2D eigenvalue weighted by Gasteiger charge is -2.40. The Morgan fingerprint density at radius 1 is 0.430 bits per heavy atom. The predicted octanol–water partition coefficient (Wildman–Crippen LogP) is 16.9. The Labute approximate surface area is 480 Å². The first-order valence-corrected chi connectivity index (χ1v) is 31.9. The number of carboxylic acid groups (broad SMARTS) is 1. The number of unbranched alkanes of at least 4 members (excludes halogenated alkanes) is 28.